The fourth-order valence-electron chi connectivity index (χ4n) is 4.86. The predicted octanol–water partition coefficient (Wildman–Crippen LogP) is 4.94. The standard InChI is InChI=1S/C28H35Cl2O9P/c1-31-17-10-20(34-4)26(21(11-17)35-5)40(30,16-29,27-22(36-6)12-18(32-2)13-23(27)37-7)28-24(38-8)14-19(33-3)15-25(28)39-9/h10-15H,16H2,1-9H3. The van der Waals surface area contributed by atoms with Gasteiger partial charge in [0.2, 0.25) is 0 Å². The van der Waals surface area contributed by atoms with Crippen LogP contribution in [0.4, 0.5) is 0 Å². The number of alkyl halides is 1. The van der Waals surface area contributed by atoms with Crippen LogP contribution in [0.25, 0.3) is 0 Å². The second kappa shape index (κ2) is 12.6. The van der Waals surface area contributed by atoms with Gasteiger partial charge in [-0.05, 0) is 0 Å². The molecule has 0 N–H and O–H groups in total. The van der Waals surface area contributed by atoms with Crippen LogP contribution in [-0.2, 0) is 0 Å². The zero-order valence-electron chi connectivity index (χ0n) is 24.0. The third-order valence-electron chi connectivity index (χ3n) is 6.69. The van der Waals surface area contributed by atoms with Crippen LogP contribution in [0, 0.1) is 0 Å². The van der Waals surface area contributed by atoms with Gasteiger partial charge in [-0.2, -0.15) is 0 Å². The van der Waals surface area contributed by atoms with Crippen molar-refractivity contribution < 1.29 is 42.6 Å². The second-order valence-corrected chi connectivity index (χ2v) is 15.3. The zero-order chi connectivity index (χ0) is 29.7. The maximum absolute atomic E-state index is 8.34. The average Bonchev–Trinajstić information content (AvgIpc) is 3.02. The van der Waals surface area contributed by atoms with Crippen molar-refractivity contribution in [1.82, 2.24) is 0 Å². The van der Waals surface area contributed by atoms with Crippen LogP contribution in [-0.4, -0.2) is 69.6 Å². The molecule has 0 aromatic heterocycles. The van der Waals surface area contributed by atoms with Crippen molar-refractivity contribution in [2.24, 2.45) is 0 Å². The molecule has 0 atom stereocenters. The van der Waals surface area contributed by atoms with Crippen LogP contribution < -0.4 is 58.5 Å². The van der Waals surface area contributed by atoms with E-state index in [1.165, 1.54) is 42.7 Å². The van der Waals surface area contributed by atoms with Gasteiger partial charge in [-0.1, -0.05) is 0 Å². The first-order chi connectivity index (χ1) is 19.2. The molecule has 0 heterocycles. The summed E-state index contributed by atoms with van der Waals surface area (Å²) in [5.74, 6) is -1.06. The molecule has 0 radical (unpaired) electrons. The van der Waals surface area contributed by atoms with Crippen LogP contribution in [0.5, 0.6) is 51.7 Å². The Morgan fingerprint density at radius 3 is 0.750 bits per heavy atom. The average molecular weight is 617 g/mol. The van der Waals surface area contributed by atoms with E-state index in [1.807, 2.05) is 0 Å². The van der Waals surface area contributed by atoms with Crippen LogP contribution in [0.1, 0.15) is 0 Å². The molecule has 3 rings (SSSR count). The van der Waals surface area contributed by atoms with Gasteiger partial charge in [-0.3, -0.25) is 0 Å². The second-order valence-electron chi connectivity index (χ2n) is 8.44. The molecular weight excluding hydrogens is 582 g/mol. The molecule has 220 valence electrons. The van der Waals surface area contributed by atoms with E-state index in [0.29, 0.717) is 67.7 Å². The van der Waals surface area contributed by atoms with E-state index < -0.39 is 5.96 Å². The van der Waals surface area contributed by atoms with Gasteiger partial charge < -0.3 is 0 Å². The Balaban J connectivity index is 2.84. The maximum atomic E-state index is 8.34. The number of methoxy groups -OCH3 is 9. The molecule has 0 aliphatic heterocycles. The first-order valence-corrected chi connectivity index (χ1v) is 15.8. The molecule has 0 bridgehead atoms. The molecule has 3 aromatic rings. The van der Waals surface area contributed by atoms with E-state index in [-0.39, 0.29) is 5.62 Å². The van der Waals surface area contributed by atoms with E-state index in [2.05, 4.69) is 0 Å². The molecule has 0 aliphatic carbocycles. The van der Waals surface area contributed by atoms with Gasteiger partial charge in [-0.15, -0.1) is 0 Å². The summed E-state index contributed by atoms with van der Waals surface area (Å²) >= 11 is 15.5. The third kappa shape index (κ3) is 4.84. The summed E-state index contributed by atoms with van der Waals surface area (Å²) in [6.45, 7) is 0. The third-order valence-corrected chi connectivity index (χ3v) is 14.9. The molecule has 0 fully saturated rings. The van der Waals surface area contributed by atoms with Crippen LogP contribution in [0.2, 0.25) is 0 Å². The fraction of sp³-hybridized carbons (Fsp3) is 0.357. The molecule has 40 heavy (non-hydrogen) atoms. The van der Waals surface area contributed by atoms with E-state index >= 15 is 0 Å². The topological polar surface area (TPSA) is 83.1 Å². The molecule has 3 aromatic carbocycles. The van der Waals surface area contributed by atoms with Gasteiger partial charge >= 0.3 is 245 Å². The molecular formula is C28H35Cl2O9P. The minimum absolute atomic E-state index is 0.190. The van der Waals surface area contributed by atoms with Crippen molar-refractivity contribution in [2.45, 2.75) is 0 Å². The normalized spacial score (nSPS) is 12.0. The predicted molar refractivity (Wildman–Crippen MR) is 161 cm³/mol. The van der Waals surface area contributed by atoms with Gasteiger partial charge in [0.25, 0.3) is 0 Å². The molecule has 0 spiro atoms. The molecule has 0 aliphatic rings. The van der Waals surface area contributed by atoms with Gasteiger partial charge in [0, 0.05) is 0 Å². The summed E-state index contributed by atoms with van der Waals surface area (Å²) in [6.07, 6.45) is 0. The Bertz CT molecular complexity index is 1130. The summed E-state index contributed by atoms with van der Waals surface area (Å²) in [6, 6.07) is 10.2. The summed E-state index contributed by atoms with van der Waals surface area (Å²) in [5.41, 5.74) is -0.190. The summed E-state index contributed by atoms with van der Waals surface area (Å²) in [5, 5.41) is 1.33. The number of benzene rings is 3. The number of halogens is 2. The van der Waals surface area contributed by atoms with Crippen molar-refractivity contribution in [3.05, 3.63) is 36.4 Å². The summed E-state index contributed by atoms with van der Waals surface area (Å²) < 4.78 is 52.3. The minimum atomic E-state index is -4.62. The van der Waals surface area contributed by atoms with Crippen molar-refractivity contribution in [1.29, 1.82) is 0 Å². The zero-order valence-corrected chi connectivity index (χ0v) is 26.5. The van der Waals surface area contributed by atoms with E-state index in [9.17, 15) is 0 Å². The fourth-order valence-corrected chi connectivity index (χ4v) is 12.2. The van der Waals surface area contributed by atoms with E-state index in [1.54, 1.807) is 57.7 Å². The van der Waals surface area contributed by atoms with Gasteiger partial charge in [0.1, 0.15) is 0 Å². The molecule has 0 amide bonds. The first kappa shape index (κ1) is 31.4. The van der Waals surface area contributed by atoms with Gasteiger partial charge in [0.05, 0.1) is 0 Å². The van der Waals surface area contributed by atoms with Crippen molar-refractivity contribution in [2.75, 3.05) is 69.6 Å². The Kier molecular flexibility index (Phi) is 9.88. The molecule has 12 heteroatoms. The molecule has 0 unspecified atom stereocenters. The summed E-state index contributed by atoms with van der Waals surface area (Å²) in [4.78, 5) is 0. The monoisotopic (exact) mass is 616 g/mol. The summed E-state index contributed by atoms with van der Waals surface area (Å²) in [7, 11) is 13.8. The SMILES string of the molecule is COc1cc(OC)c(P(Cl)(CCl)(c2c(OC)cc(OC)cc2OC)c2c(OC)cc(OC)cc2OC)c(OC)c1. The van der Waals surface area contributed by atoms with E-state index in [0.717, 1.165) is 0 Å². The van der Waals surface area contributed by atoms with Gasteiger partial charge in [-0.25, -0.2) is 0 Å². The van der Waals surface area contributed by atoms with Crippen LogP contribution >= 0.6 is 28.8 Å². The Morgan fingerprint density at radius 1 is 0.425 bits per heavy atom. The van der Waals surface area contributed by atoms with Crippen molar-refractivity contribution >= 4 is 44.7 Å². The Morgan fingerprint density at radius 2 is 0.625 bits per heavy atom. The van der Waals surface area contributed by atoms with Crippen LogP contribution in [0.3, 0.4) is 0 Å². The van der Waals surface area contributed by atoms with Crippen molar-refractivity contribution in [3.8, 4) is 51.7 Å². The first-order valence-electron chi connectivity index (χ1n) is 11.9. The molecule has 9 nitrogen and oxygen atoms in total. The molecule has 0 saturated heterocycles. The number of hydrogen-bond donors (Lipinski definition) is 0. The number of rotatable bonds is 13. The Hall–Kier alpha value is -3.13. The van der Waals surface area contributed by atoms with Gasteiger partial charge in [0.15, 0.2) is 0 Å². The number of ether oxygens (including phenoxy) is 9. The van der Waals surface area contributed by atoms with E-state index in [4.69, 9.17) is 65.5 Å². The number of hydrogen-bond acceptors (Lipinski definition) is 9. The Labute approximate surface area is 244 Å². The quantitative estimate of drug-likeness (QED) is 0.196. The van der Waals surface area contributed by atoms with Crippen molar-refractivity contribution in [3.63, 3.8) is 0 Å². The molecule has 0 saturated carbocycles. The van der Waals surface area contributed by atoms with Crippen LogP contribution in [0.15, 0.2) is 36.4 Å².